The van der Waals surface area contributed by atoms with Crippen LogP contribution in [0.15, 0.2) is 22.8 Å². The maximum absolute atomic E-state index is 11.7. The third kappa shape index (κ3) is 3.49. The number of urea groups is 1. The molecule has 1 saturated heterocycles. The Labute approximate surface area is 101 Å². The van der Waals surface area contributed by atoms with Gasteiger partial charge in [-0.15, -0.1) is 0 Å². The van der Waals surface area contributed by atoms with Crippen molar-refractivity contribution in [2.24, 2.45) is 0 Å². The predicted octanol–water partition coefficient (Wildman–Crippen LogP) is 1.60. The van der Waals surface area contributed by atoms with Crippen molar-refractivity contribution in [1.82, 2.24) is 10.2 Å². The lowest BCUT2D eigenvalue weighted by Gasteiger charge is -2.18. The number of ether oxygens (including phenoxy) is 1. The highest BCUT2D eigenvalue weighted by Crippen LogP contribution is 2.10. The Morgan fingerprint density at radius 3 is 3.18 bits per heavy atom. The fourth-order valence-electron chi connectivity index (χ4n) is 1.85. The minimum Gasteiger partial charge on any atom is -0.467 e. The van der Waals surface area contributed by atoms with Gasteiger partial charge < -0.3 is 19.4 Å². The molecule has 0 bridgehead atoms. The summed E-state index contributed by atoms with van der Waals surface area (Å²) in [6, 6.07) is 3.56. The molecule has 5 nitrogen and oxygen atoms in total. The topological polar surface area (TPSA) is 54.7 Å². The molecule has 1 fully saturated rings. The van der Waals surface area contributed by atoms with Crippen LogP contribution in [0.25, 0.3) is 0 Å². The van der Waals surface area contributed by atoms with Gasteiger partial charge in [0.1, 0.15) is 5.76 Å². The average molecular weight is 238 g/mol. The van der Waals surface area contributed by atoms with Crippen molar-refractivity contribution in [3.05, 3.63) is 24.2 Å². The largest absolute Gasteiger partial charge is 0.467 e. The van der Waals surface area contributed by atoms with E-state index in [2.05, 4.69) is 5.32 Å². The molecule has 94 valence electrons. The van der Waals surface area contributed by atoms with Crippen molar-refractivity contribution >= 4 is 6.03 Å². The molecule has 17 heavy (non-hydrogen) atoms. The van der Waals surface area contributed by atoms with Gasteiger partial charge in [0.25, 0.3) is 0 Å². The zero-order valence-corrected chi connectivity index (χ0v) is 10.0. The zero-order valence-electron chi connectivity index (χ0n) is 10.0. The molecule has 0 saturated carbocycles. The van der Waals surface area contributed by atoms with Gasteiger partial charge in [-0.25, -0.2) is 4.79 Å². The van der Waals surface area contributed by atoms with Crippen LogP contribution in [0.3, 0.4) is 0 Å². The summed E-state index contributed by atoms with van der Waals surface area (Å²) < 4.78 is 10.6. The lowest BCUT2D eigenvalue weighted by atomic mass is 10.2. The highest BCUT2D eigenvalue weighted by Gasteiger charge is 2.17. The van der Waals surface area contributed by atoms with Crippen LogP contribution in [0, 0.1) is 0 Å². The zero-order chi connectivity index (χ0) is 12.1. The molecule has 1 aromatic rings. The minimum atomic E-state index is -0.100. The molecule has 1 N–H and O–H groups in total. The van der Waals surface area contributed by atoms with E-state index in [1.165, 1.54) is 0 Å². The molecule has 2 rings (SSSR count). The van der Waals surface area contributed by atoms with Gasteiger partial charge in [-0.1, -0.05) is 0 Å². The van der Waals surface area contributed by atoms with Crippen LogP contribution in [0.1, 0.15) is 18.6 Å². The smallest absolute Gasteiger partial charge is 0.317 e. The Bertz CT molecular complexity index is 345. The SMILES string of the molecule is CN(Cc1ccco1)C(=O)NC[C@H]1CCCO1. The summed E-state index contributed by atoms with van der Waals surface area (Å²) >= 11 is 0. The third-order valence-electron chi connectivity index (χ3n) is 2.82. The highest BCUT2D eigenvalue weighted by molar-refractivity contribution is 5.73. The van der Waals surface area contributed by atoms with Crippen molar-refractivity contribution in [3.63, 3.8) is 0 Å². The number of carbonyl (C=O) groups excluding carboxylic acids is 1. The van der Waals surface area contributed by atoms with Crippen LogP contribution >= 0.6 is 0 Å². The van der Waals surface area contributed by atoms with Gasteiger partial charge in [0.05, 0.1) is 18.9 Å². The predicted molar refractivity (Wildman–Crippen MR) is 62.5 cm³/mol. The maximum atomic E-state index is 11.7. The summed E-state index contributed by atoms with van der Waals surface area (Å²) in [7, 11) is 1.74. The van der Waals surface area contributed by atoms with Gasteiger partial charge in [0, 0.05) is 20.2 Å². The molecule has 5 heteroatoms. The molecule has 0 aromatic carbocycles. The van der Waals surface area contributed by atoms with Crippen LogP contribution < -0.4 is 5.32 Å². The van der Waals surface area contributed by atoms with Crippen LogP contribution in [-0.4, -0.2) is 37.2 Å². The summed E-state index contributed by atoms with van der Waals surface area (Å²) in [5.74, 6) is 0.778. The first-order valence-electron chi connectivity index (χ1n) is 5.88. The first-order valence-corrected chi connectivity index (χ1v) is 5.88. The Balaban J connectivity index is 1.71. The second kappa shape index (κ2) is 5.72. The Kier molecular flexibility index (Phi) is 4.03. The first kappa shape index (κ1) is 12.0. The number of furan rings is 1. The number of rotatable bonds is 4. The van der Waals surface area contributed by atoms with E-state index in [0.717, 1.165) is 25.2 Å². The van der Waals surface area contributed by atoms with E-state index in [0.29, 0.717) is 13.1 Å². The quantitative estimate of drug-likeness (QED) is 0.866. The van der Waals surface area contributed by atoms with E-state index in [9.17, 15) is 4.79 Å². The molecule has 2 heterocycles. The normalized spacial score (nSPS) is 19.2. The number of hydrogen-bond donors (Lipinski definition) is 1. The number of nitrogens with one attached hydrogen (secondary N) is 1. The van der Waals surface area contributed by atoms with E-state index in [4.69, 9.17) is 9.15 Å². The third-order valence-corrected chi connectivity index (χ3v) is 2.82. The Morgan fingerprint density at radius 1 is 1.65 bits per heavy atom. The lowest BCUT2D eigenvalue weighted by molar-refractivity contribution is 0.109. The number of nitrogens with zero attached hydrogens (tertiary/aromatic N) is 1. The molecule has 0 aliphatic carbocycles. The van der Waals surface area contributed by atoms with E-state index >= 15 is 0 Å². The minimum absolute atomic E-state index is 0.100. The molecular formula is C12H18N2O3. The Hall–Kier alpha value is -1.49. The summed E-state index contributed by atoms with van der Waals surface area (Å²) in [5.41, 5.74) is 0. The molecule has 0 radical (unpaired) electrons. The molecule has 1 aromatic heterocycles. The highest BCUT2D eigenvalue weighted by atomic mass is 16.5. The van der Waals surface area contributed by atoms with Gasteiger partial charge in [0.15, 0.2) is 0 Å². The van der Waals surface area contributed by atoms with Gasteiger partial charge in [-0.3, -0.25) is 0 Å². The van der Waals surface area contributed by atoms with Crippen molar-refractivity contribution in [1.29, 1.82) is 0 Å². The standard InChI is InChI=1S/C12H18N2O3/c1-14(9-11-5-3-7-17-11)12(15)13-8-10-4-2-6-16-10/h3,5,7,10H,2,4,6,8-9H2,1H3,(H,13,15)/t10-/m1/s1. The second-order valence-electron chi connectivity index (χ2n) is 4.26. The average Bonchev–Trinajstić information content (AvgIpc) is 2.98. The van der Waals surface area contributed by atoms with Crippen LogP contribution in [-0.2, 0) is 11.3 Å². The summed E-state index contributed by atoms with van der Waals surface area (Å²) in [4.78, 5) is 13.3. The monoisotopic (exact) mass is 238 g/mol. The molecule has 1 aliphatic heterocycles. The van der Waals surface area contributed by atoms with Crippen molar-refractivity contribution in [3.8, 4) is 0 Å². The fourth-order valence-corrected chi connectivity index (χ4v) is 1.85. The first-order chi connectivity index (χ1) is 8.25. The van der Waals surface area contributed by atoms with Gasteiger partial charge in [0.2, 0.25) is 0 Å². The summed E-state index contributed by atoms with van der Waals surface area (Å²) in [6.45, 7) is 1.87. The number of carbonyl (C=O) groups is 1. The van der Waals surface area contributed by atoms with Crippen molar-refractivity contribution < 1.29 is 13.9 Å². The van der Waals surface area contributed by atoms with Gasteiger partial charge in [-0.2, -0.15) is 0 Å². The number of hydrogen-bond acceptors (Lipinski definition) is 3. The van der Waals surface area contributed by atoms with Crippen LogP contribution in [0.2, 0.25) is 0 Å². The van der Waals surface area contributed by atoms with Crippen molar-refractivity contribution in [2.75, 3.05) is 20.2 Å². The van der Waals surface area contributed by atoms with E-state index in [1.54, 1.807) is 18.2 Å². The second-order valence-corrected chi connectivity index (χ2v) is 4.26. The molecule has 2 amide bonds. The van der Waals surface area contributed by atoms with E-state index in [1.807, 2.05) is 12.1 Å². The van der Waals surface area contributed by atoms with Crippen molar-refractivity contribution in [2.45, 2.75) is 25.5 Å². The summed E-state index contributed by atoms with van der Waals surface area (Å²) in [6.07, 6.45) is 3.90. The molecule has 0 unspecified atom stereocenters. The summed E-state index contributed by atoms with van der Waals surface area (Å²) in [5, 5.41) is 2.86. The van der Waals surface area contributed by atoms with Crippen LogP contribution in [0.5, 0.6) is 0 Å². The lowest BCUT2D eigenvalue weighted by Crippen LogP contribution is -2.40. The fraction of sp³-hybridized carbons (Fsp3) is 0.583. The number of amides is 2. The van der Waals surface area contributed by atoms with Crippen LogP contribution in [0.4, 0.5) is 4.79 Å². The molecule has 1 atom stereocenters. The van der Waals surface area contributed by atoms with Gasteiger partial charge >= 0.3 is 6.03 Å². The molecule has 0 spiro atoms. The Morgan fingerprint density at radius 2 is 2.53 bits per heavy atom. The molecule has 1 aliphatic rings. The van der Waals surface area contributed by atoms with E-state index < -0.39 is 0 Å². The van der Waals surface area contributed by atoms with E-state index in [-0.39, 0.29) is 12.1 Å². The maximum Gasteiger partial charge on any atom is 0.317 e. The van der Waals surface area contributed by atoms with Gasteiger partial charge in [-0.05, 0) is 25.0 Å². The molecular weight excluding hydrogens is 220 g/mol.